The molecule has 0 aliphatic carbocycles. The first-order chi connectivity index (χ1) is 9.63. The average molecular weight is 339 g/mol. The van der Waals surface area contributed by atoms with Crippen LogP contribution in [0, 0.1) is 5.82 Å². The van der Waals surface area contributed by atoms with Crippen LogP contribution >= 0.6 is 15.9 Å². The smallest absolute Gasteiger partial charge is 0.163 e. The quantitative estimate of drug-likeness (QED) is 0.820. The number of halogens is 2. The van der Waals surface area contributed by atoms with E-state index in [-0.39, 0.29) is 5.82 Å². The second-order valence-electron chi connectivity index (χ2n) is 4.34. The van der Waals surface area contributed by atoms with E-state index < -0.39 is 0 Å². The molecule has 0 saturated carbocycles. The van der Waals surface area contributed by atoms with Gasteiger partial charge in [-0.05, 0) is 34.1 Å². The Labute approximate surface area is 123 Å². The number of rotatable bonds is 2. The van der Waals surface area contributed by atoms with Gasteiger partial charge >= 0.3 is 0 Å². The van der Waals surface area contributed by atoms with E-state index in [4.69, 9.17) is 15.2 Å². The van der Waals surface area contributed by atoms with E-state index in [2.05, 4.69) is 21.2 Å². The van der Waals surface area contributed by atoms with Gasteiger partial charge in [-0.2, -0.15) is 0 Å². The number of benzene rings is 2. The fraction of sp³-hybridized carbons (Fsp3) is 0.143. The molecule has 0 bridgehead atoms. The molecule has 4 nitrogen and oxygen atoms in total. The Hall–Kier alpha value is -1.95. The zero-order valence-corrected chi connectivity index (χ0v) is 12.0. The molecule has 3 N–H and O–H groups in total. The van der Waals surface area contributed by atoms with Crippen molar-refractivity contribution in [2.45, 2.75) is 0 Å². The first-order valence-corrected chi connectivity index (χ1v) is 6.84. The Morgan fingerprint density at radius 1 is 1.10 bits per heavy atom. The maximum atomic E-state index is 13.2. The molecule has 0 saturated heterocycles. The molecule has 2 aromatic carbocycles. The molecule has 0 radical (unpaired) electrons. The number of nitrogens with one attached hydrogen (secondary N) is 1. The monoisotopic (exact) mass is 338 g/mol. The molecule has 3 rings (SSSR count). The van der Waals surface area contributed by atoms with Gasteiger partial charge in [0.15, 0.2) is 11.5 Å². The number of ether oxygens (including phenoxy) is 2. The van der Waals surface area contributed by atoms with Crippen molar-refractivity contribution in [3.63, 3.8) is 0 Å². The van der Waals surface area contributed by atoms with Crippen molar-refractivity contribution in [3.05, 3.63) is 40.6 Å². The summed E-state index contributed by atoms with van der Waals surface area (Å²) in [6.45, 7) is 1.03. The lowest BCUT2D eigenvalue weighted by molar-refractivity contribution is 0.172. The molecular weight excluding hydrogens is 327 g/mol. The van der Waals surface area contributed by atoms with E-state index in [0.717, 1.165) is 5.69 Å². The minimum atomic E-state index is -0.314. The van der Waals surface area contributed by atoms with E-state index in [1.807, 2.05) is 0 Å². The van der Waals surface area contributed by atoms with Crippen LogP contribution in [0.5, 0.6) is 11.5 Å². The van der Waals surface area contributed by atoms with Gasteiger partial charge in [-0.25, -0.2) is 4.39 Å². The molecule has 6 heteroatoms. The van der Waals surface area contributed by atoms with E-state index in [9.17, 15) is 4.39 Å². The predicted octanol–water partition coefficient (Wildman–Crippen LogP) is 3.69. The van der Waals surface area contributed by atoms with Gasteiger partial charge in [0, 0.05) is 17.8 Å². The first kappa shape index (κ1) is 13.1. The summed E-state index contributed by atoms with van der Waals surface area (Å²) in [6.07, 6.45) is 0. The molecule has 1 aliphatic heterocycles. The van der Waals surface area contributed by atoms with Crippen molar-refractivity contribution >= 4 is 33.0 Å². The second kappa shape index (κ2) is 5.20. The van der Waals surface area contributed by atoms with E-state index in [0.29, 0.717) is 40.6 Å². The zero-order chi connectivity index (χ0) is 14.1. The van der Waals surface area contributed by atoms with Crippen molar-refractivity contribution < 1.29 is 13.9 Å². The summed E-state index contributed by atoms with van der Waals surface area (Å²) >= 11 is 3.15. The molecule has 0 fully saturated rings. The van der Waals surface area contributed by atoms with Gasteiger partial charge in [-0.1, -0.05) is 0 Å². The van der Waals surface area contributed by atoms with Gasteiger partial charge in [0.1, 0.15) is 19.0 Å². The largest absolute Gasteiger partial charge is 0.486 e. The molecule has 1 aliphatic rings. The number of fused-ring (bicyclic) bond motifs is 1. The fourth-order valence-electron chi connectivity index (χ4n) is 1.94. The van der Waals surface area contributed by atoms with Crippen LogP contribution in [-0.4, -0.2) is 13.2 Å². The van der Waals surface area contributed by atoms with Crippen molar-refractivity contribution in [3.8, 4) is 11.5 Å². The van der Waals surface area contributed by atoms with Gasteiger partial charge in [-0.15, -0.1) is 0 Å². The van der Waals surface area contributed by atoms with Crippen LogP contribution in [0.2, 0.25) is 0 Å². The topological polar surface area (TPSA) is 56.5 Å². The summed E-state index contributed by atoms with van der Waals surface area (Å²) in [5.41, 5.74) is 7.92. The van der Waals surface area contributed by atoms with Crippen molar-refractivity contribution in [1.82, 2.24) is 0 Å². The summed E-state index contributed by atoms with van der Waals surface area (Å²) in [5, 5.41) is 3.13. The van der Waals surface area contributed by atoms with Crippen LogP contribution in [0.1, 0.15) is 0 Å². The predicted molar refractivity (Wildman–Crippen MR) is 79.2 cm³/mol. The Kier molecular flexibility index (Phi) is 3.40. The third kappa shape index (κ3) is 2.51. The summed E-state index contributed by atoms with van der Waals surface area (Å²) in [5.74, 6) is 0.972. The highest BCUT2D eigenvalue weighted by Gasteiger charge is 2.15. The van der Waals surface area contributed by atoms with Crippen molar-refractivity contribution in [2.24, 2.45) is 0 Å². The number of hydrogen-bond donors (Lipinski definition) is 2. The summed E-state index contributed by atoms with van der Waals surface area (Å²) in [4.78, 5) is 0. The third-order valence-corrected chi connectivity index (χ3v) is 3.52. The van der Waals surface area contributed by atoms with Crippen LogP contribution in [0.25, 0.3) is 0 Å². The molecule has 0 spiro atoms. The third-order valence-electron chi connectivity index (χ3n) is 2.91. The minimum Gasteiger partial charge on any atom is -0.486 e. The van der Waals surface area contributed by atoms with Crippen LogP contribution in [0.3, 0.4) is 0 Å². The lowest BCUT2D eigenvalue weighted by atomic mass is 10.2. The van der Waals surface area contributed by atoms with Crippen LogP contribution < -0.4 is 20.5 Å². The molecule has 104 valence electrons. The first-order valence-electron chi connectivity index (χ1n) is 6.04. The Morgan fingerprint density at radius 2 is 1.80 bits per heavy atom. The van der Waals surface area contributed by atoms with Crippen molar-refractivity contribution in [2.75, 3.05) is 24.3 Å². The Morgan fingerprint density at radius 3 is 2.50 bits per heavy atom. The molecule has 2 aromatic rings. The highest BCUT2D eigenvalue weighted by molar-refractivity contribution is 9.10. The summed E-state index contributed by atoms with van der Waals surface area (Å²) in [6, 6.07) is 8.15. The maximum absolute atomic E-state index is 13.2. The SMILES string of the molecule is Nc1cc2c(cc1Nc1ccc(F)c(Br)c1)OCCO2. The highest BCUT2D eigenvalue weighted by Crippen LogP contribution is 2.38. The van der Waals surface area contributed by atoms with Gasteiger partial charge < -0.3 is 20.5 Å². The molecule has 0 unspecified atom stereocenters. The lowest BCUT2D eigenvalue weighted by Gasteiger charge is -2.20. The Bertz CT molecular complexity index is 664. The molecule has 0 atom stereocenters. The second-order valence-corrected chi connectivity index (χ2v) is 5.19. The van der Waals surface area contributed by atoms with Crippen molar-refractivity contribution in [1.29, 1.82) is 0 Å². The molecule has 0 amide bonds. The van der Waals surface area contributed by atoms with Gasteiger partial charge in [-0.3, -0.25) is 0 Å². The minimum absolute atomic E-state index is 0.314. The van der Waals surface area contributed by atoms with Crippen LogP contribution in [0.4, 0.5) is 21.5 Å². The average Bonchev–Trinajstić information content (AvgIpc) is 2.44. The number of nitrogen functional groups attached to an aromatic ring is 1. The number of nitrogens with two attached hydrogens (primary N) is 1. The van der Waals surface area contributed by atoms with Gasteiger partial charge in [0.05, 0.1) is 15.8 Å². The van der Waals surface area contributed by atoms with E-state index in [1.54, 1.807) is 24.3 Å². The van der Waals surface area contributed by atoms with Gasteiger partial charge in [0.25, 0.3) is 0 Å². The fourth-order valence-corrected chi connectivity index (χ4v) is 2.32. The highest BCUT2D eigenvalue weighted by atomic mass is 79.9. The summed E-state index contributed by atoms with van der Waals surface area (Å²) in [7, 11) is 0. The lowest BCUT2D eigenvalue weighted by Crippen LogP contribution is -2.15. The van der Waals surface area contributed by atoms with Crippen LogP contribution in [0.15, 0.2) is 34.8 Å². The summed E-state index contributed by atoms with van der Waals surface area (Å²) < 4.78 is 24.6. The Balaban J connectivity index is 1.92. The standard InChI is InChI=1S/C14H12BrFN2O2/c15-9-5-8(1-2-10(9)16)18-12-7-14-13(6-11(12)17)19-3-4-20-14/h1-2,5-7,18H,3-4,17H2. The molecule has 0 aromatic heterocycles. The van der Waals surface area contributed by atoms with Crippen LogP contribution in [-0.2, 0) is 0 Å². The molecule has 1 heterocycles. The number of hydrogen-bond acceptors (Lipinski definition) is 4. The number of anilines is 3. The van der Waals surface area contributed by atoms with E-state index >= 15 is 0 Å². The van der Waals surface area contributed by atoms with Gasteiger partial charge in [0.2, 0.25) is 0 Å². The maximum Gasteiger partial charge on any atom is 0.163 e. The molecule has 20 heavy (non-hydrogen) atoms. The van der Waals surface area contributed by atoms with E-state index in [1.165, 1.54) is 6.07 Å². The molecular formula is C14H12BrFN2O2. The normalized spacial score (nSPS) is 13.1. The zero-order valence-electron chi connectivity index (χ0n) is 10.5.